The number of likely N-dealkylation sites (tertiary alicyclic amines) is 1. The van der Waals surface area contributed by atoms with E-state index in [1.807, 2.05) is 13.1 Å². The molecular formula is C24H31N5S. The second-order valence-corrected chi connectivity index (χ2v) is 8.95. The summed E-state index contributed by atoms with van der Waals surface area (Å²) in [6.45, 7) is 5.21. The Kier molecular flexibility index (Phi) is 7.32. The van der Waals surface area contributed by atoms with Gasteiger partial charge in [0, 0.05) is 33.1 Å². The first-order valence-corrected chi connectivity index (χ1v) is 11.7. The van der Waals surface area contributed by atoms with Crippen LogP contribution in [0.15, 0.2) is 53.5 Å². The van der Waals surface area contributed by atoms with E-state index >= 15 is 0 Å². The van der Waals surface area contributed by atoms with E-state index in [2.05, 4.69) is 63.0 Å². The number of aromatic nitrogens is 1. The molecule has 30 heavy (non-hydrogen) atoms. The van der Waals surface area contributed by atoms with Gasteiger partial charge in [0.25, 0.3) is 0 Å². The number of nitrogens with one attached hydrogen (secondary N) is 2. The molecule has 1 aromatic heterocycles. The fourth-order valence-corrected chi connectivity index (χ4v) is 4.85. The summed E-state index contributed by atoms with van der Waals surface area (Å²) in [5.74, 6) is 0.848. The molecular weight excluding hydrogens is 390 g/mol. The van der Waals surface area contributed by atoms with Gasteiger partial charge in [-0.3, -0.25) is 9.89 Å². The van der Waals surface area contributed by atoms with Crippen molar-refractivity contribution < 1.29 is 0 Å². The Balaban J connectivity index is 1.17. The van der Waals surface area contributed by atoms with Gasteiger partial charge in [-0.1, -0.05) is 36.4 Å². The van der Waals surface area contributed by atoms with Crippen molar-refractivity contribution in [3.05, 3.63) is 64.7 Å². The number of thiazole rings is 1. The molecule has 0 radical (unpaired) electrons. The smallest absolute Gasteiger partial charge is 0.191 e. The average Bonchev–Trinajstić information content (AvgIpc) is 3.43. The predicted octanol–water partition coefficient (Wildman–Crippen LogP) is 4.19. The molecule has 3 aromatic rings. The third-order valence-corrected chi connectivity index (χ3v) is 6.61. The molecule has 1 aliphatic heterocycles. The zero-order valence-electron chi connectivity index (χ0n) is 17.7. The lowest BCUT2D eigenvalue weighted by Crippen LogP contribution is -2.37. The summed E-state index contributed by atoms with van der Waals surface area (Å²) in [5.41, 5.74) is 3.78. The summed E-state index contributed by atoms with van der Waals surface area (Å²) >= 11 is 1.79. The molecule has 0 atom stereocenters. The van der Waals surface area contributed by atoms with Gasteiger partial charge in [-0.25, -0.2) is 4.98 Å². The van der Waals surface area contributed by atoms with Crippen molar-refractivity contribution >= 4 is 27.5 Å². The molecule has 1 aliphatic rings. The van der Waals surface area contributed by atoms with E-state index in [1.165, 1.54) is 46.8 Å². The lowest BCUT2D eigenvalue weighted by atomic mass is 10.1. The first kappa shape index (κ1) is 20.8. The number of hydrogen-bond donors (Lipinski definition) is 2. The van der Waals surface area contributed by atoms with E-state index in [1.54, 1.807) is 11.3 Å². The number of rotatable bonds is 8. The topological polar surface area (TPSA) is 52.6 Å². The Morgan fingerprint density at radius 2 is 1.80 bits per heavy atom. The summed E-state index contributed by atoms with van der Waals surface area (Å²) in [6.07, 6.45) is 4.71. The summed E-state index contributed by atoms with van der Waals surface area (Å²) < 4.78 is 1.27. The van der Waals surface area contributed by atoms with Gasteiger partial charge in [0.1, 0.15) is 0 Å². The molecule has 4 rings (SSSR count). The normalized spacial score (nSPS) is 15.0. The van der Waals surface area contributed by atoms with Gasteiger partial charge in [-0.2, -0.15) is 0 Å². The predicted molar refractivity (Wildman–Crippen MR) is 127 cm³/mol. The van der Waals surface area contributed by atoms with E-state index in [4.69, 9.17) is 4.98 Å². The molecule has 0 unspecified atom stereocenters. The summed E-state index contributed by atoms with van der Waals surface area (Å²) in [7, 11) is 1.82. The maximum absolute atomic E-state index is 4.71. The highest BCUT2D eigenvalue weighted by atomic mass is 32.1. The molecule has 1 fully saturated rings. The summed E-state index contributed by atoms with van der Waals surface area (Å²) in [5, 5.41) is 8.03. The molecule has 2 aromatic carbocycles. The molecule has 158 valence electrons. The molecule has 2 N–H and O–H groups in total. The number of nitrogens with zero attached hydrogens (tertiary/aromatic N) is 3. The van der Waals surface area contributed by atoms with Crippen molar-refractivity contribution in [1.29, 1.82) is 0 Å². The fourth-order valence-electron chi connectivity index (χ4n) is 3.84. The van der Waals surface area contributed by atoms with Gasteiger partial charge < -0.3 is 10.6 Å². The van der Waals surface area contributed by atoms with Crippen LogP contribution in [0.4, 0.5) is 0 Å². The number of fused-ring (bicyclic) bond motifs is 1. The molecule has 0 amide bonds. The van der Waals surface area contributed by atoms with Crippen LogP contribution in [0.3, 0.4) is 0 Å². The maximum Gasteiger partial charge on any atom is 0.191 e. The van der Waals surface area contributed by atoms with Crippen LogP contribution in [-0.2, 0) is 19.5 Å². The van der Waals surface area contributed by atoms with Crippen molar-refractivity contribution in [2.75, 3.05) is 26.7 Å². The largest absolute Gasteiger partial charge is 0.356 e. The molecule has 6 heteroatoms. The van der Waals surface area contributed by atoms with Gasteiger partial charge in [-0.05, 0) is 55.6 Å². The molecule has 2 heterocycles. The third kappa shape index (κ3) is 5.80. The number of aryl methyl sites for hydroxylation is 1. The van der Waals surface area contributed by atoms with Crippen LogP contribution in [-0.4, -0.2) is 42.5 Å². The highest BCUT2D eigenvalue weighted by molar-refractivity contribution is 7.18. The van der Waals surface area contributed by atoms with Gasteiger partial charge in [0.05, 0.1) is 15.2 Å². The van der Waals surface area contributed by atoms with Crippen LogP contribution < -0.4 is 10.6 Å². The van der Waals surface area contributed by atoms with Crippen LogP contribution in [0.1, 0.15) is 35.4 Å². The summed E-state index contributed by atoms with van der Waals surface area (Å²) in [4.78, 5) is 11.6. The number of benzene rings is 2. The van der Waals surface area contributed by atoms with Gasteiger partial charge in [0.15, 0.2) is 5.96 Å². The molecule has 0 bridgehead atoms. The second kappa shape index (κ2) is 10.5. The quantitative estimate of drug-likeness (QED) is 0.325. The molecule has 5 nitrogen and oxygen atoms in total. The number of para-hydroxylation sites is 1. The standard InChI is InChI=1S/C24H31N5S/c1-25-24(26-14-6-9-23-28-21-7-2-3-8-22(21)30-23)27-17-19-10-12-20(13-11-19)18-29-15-4-5-16-29/h2-3,7-8,10-13H,4-6,9,14-18H2,1H3,(H2,25,26,27). The lowest BCUT2D eigenvalue weighted by Gasteiger charge is -2.15. The van der Waals surface area contributed by atoms with Crippen molar-refractivity contribution in [2.45, 2.75) is 38.8 Å². The van der Waals surface area contributed by atoms with Crippen molar-refractivity contribution in [3.8, 4) is 0 Å². The minimum atomic E-state index is 0.779. The van der Waals surface area contributed by atoms with Crippen LogP contribution in [0.2, 0.25) is 0 Å². The van der Waals surface area contributed by atoms with Crippen LogP contribution in [0.5, 0.6) is 0 Å². The SMILES string of the molecule is CN=C(NCCCc1nc2ccccc2s1)NCc1ccc(CN2CCCC2)cc1. The highest BCUT2D eigenvalue weighted by Crippen LogP contribution is 2.22. The highest BCUT2D eigenvalue weighted by Gasteiger charge is 2.11. The first-order chi connectivity index (χ1) is 14.8. The monoisotopic (exact) mass is 421 g/mol. The van der Waals surface area contributed by atoms with Crippen LogP contribution >= 0.6 is 11.3 Å². The molecule has 0 aliphatic carbocycles. The minimum absolute atomic E-state index is 0.779. The molecule has 1 saturated heterocycles. The minimum Gasteiger partial charge on any atom is -0.356 e. The number of aliphatic imine (C=N–C) groups is 1. The van der Waals surface area contributed by atoms with E-state index in [0.717, 1.165) is 44.0 Å². The van der Waals surface area contributed by atoms with E-state index in [9.17, 15) is 0 Å². The van der Waals surface area contributed by atoms with E-state index < -0.39 is 0 Å². The Hall–Kier alpha value is -2.44. The Labute approximate surface area is 183 Å². The van der Waals surface area contributed by atoms with Crippen LogP contribution in [0.25, 0.3) is 10.2 Å². The van der Waals surface area contributed by atoms with E-state index in [0.29, 0.717) is 0 Å². The molecule has 0 spiro atoms. The lowest BCUT2D eigenvalue weighted by molar-refractivity contribution is 0.331. The van der Waals surface area contributed by atoms with E-state index in [-0.39, 0.29) is 0 Å². The third-order valence-electron chi connectivity index (χ3n) is 5.51. The maximum atomic E-state index is 4.71. The Morgan fingerprint density at radius 3 is 2.57 bits per heavy atom. The number of hydrogen-bond acceptors (Lipinski definition) is 4. The van der Waals surface area contributed by atoms with Gasteiger partial charge >= 0.3 is 0 Å². The zero-order valence-corrected chi connectivity index (χ0v) is 18.5. The zero-order chi connectivity index (χ0) is 20.6. The van der Waals surface area contributed by atoms with Crippen molar-refractivity contribution in [3.63, 3.8) is 0 Å². The molecule has 0 saturated carbocycles. The summed E-state index contributed by atoms with van der Waals surface area (Å²) in [6, 6.07) is 17.3. The fraction of sp³-hybridized carbons (Fsp3) is 0.417. The number of guanidine groups is 1. The van der Waals surface area contributed by atoms with Crippen molar-refractivity contribution in [2.24, 2.45) is 4.99 Å². The Morgan fingerprint density at radius 1 is 1.03 bits per heavy atom. The van der Waals surface area contributed by atoms with Gasteiger partial charge in [0.2, 0.25) is 0 Å². The second-order valence-electron chi connectivity index (χ2n) is 7.83. The first-order valence-electron chi connectivity index (χ1n) is 10.9. The van der Waals surface area contributed by atoms with Gasteiger partial charge in [-0.15, -0.1) is 11.3 Å². The van der Waals surface area contributed by atoms with Crippen molar-refractivity contribution in [1.82, 2.24) is 20.5 Å². The Bertz CT molecular complexity index is 924. The van der Waals surface area contributed by atoms with Crippen LogP contribution in [0, 0.1) is 0 Å². The average molecular weight is 422 g/mol.